The number of halogens is 2. The number of aromatic nitrogens is 1. The summed E-state index contributed by atoms with van der Waals surface area (Å²) in [7, 11) is 1.48. The molecule has 9 nitrogen and oxygen atoms in total. The van der Waals surface area contributed by atoms with Crippen LogP contribution >= 0.6 is 0 Å². The molecule has 2 aliphatic rings. The zero-order valence-electron chi connectivity index (χ0n) is 21.4. The zero-order valence-corrected chi connectivity index (χ0v) is 21.4. The Morgan fingerprint density at radius 1 is 1.15 bits per heavy atom. The van der Waals surface area contributed by atoms with Gasteiger partial charge in [0.2, 0.25) is 5.43 Å². The van der Waals surface area contributed by atoms with Gasteiger partial charge in [-0.1, -0.05) is 36.4 Å². The lowest BCUT2D eigenvalue weighted by atomic mass is 9.89. The molecule has 2 amide bonds. The van der Waals surface area contributed by atoms with Crippen LogP contribution in [0.15, 0.2) is 59.5 Å². The molecule has 0 aliphatic carbocycles. The van der Waals surface area contributed by atoms with E-state index < -0.39 is 40.6 Å². The maximum Gasteiger partial charge on any atom is 0.276 e. The van der Waals surface area contributed by atoms with E-state index in [-0.39, 0.29) is 48.9 Å². The Balaban J connectivity index is 1.59. The maximum absolute atomic E-state index is 14.1. The lowest BCUT2D eigenvalue weighted by Gasteiger charge is -2.54. The Labute approximate surface area is 222 Å². The quantitative estimate of drug-likeness (QED) is 0.473. The zero-order chi connectivity index (χ0) is 27.7. The Bertz CT molecular complexity index is 1470. The van der Waals surface area contributed by atoms with Crippen molar-refractivity contribution in [3.05, 3.63) is 99.0 Å². The minimum Gasteiger partial charge on any atom is -0.483 e. The summed E-state index contributed by atoms with van der Waals surface area (Å²) in [6.07, 6.45) is 0.591. The van der Waals surface area contributed by atoms with Gasteiger partial charge in [0.25, 0.3) is 11.8 Å². The molecule has 11 heteroatoms. The van der Waals surface area contributed by atoms with Crippen molar-refractivity contribution in [1.29, 1.82) is 0 Å². The summed E-state index contributed by atoms with van der Waals surface area (Å²) >= 11 is 0. The Morgan fingerprint density at radius 2 is 1.90 bits per heavy atom. The molecule has 1 aromatic heterocycles. The first-order chi connectivity index (χ1) is 18.8. The molecule has 39 heavy (non-hydrogen) atoms. The minimum absolute atomic E-state index is 0.00416. The first-order valence-corrected chi connectivity index (χ1v) is 12.4. The van der Waals surface area contributed by atoms with E-state index in [0.717, 1.165) is 11.6 Å². The number of nitrogens with one attached hydrogen (secondary N) is 1. The molecule has 0 bridgehead atoms. The fourth-order valence-electron chi connectivity index (χ4n) is 5.00. The van der Waals surface area contributed by atoms with Crippen LogP contribution in [-0.2, 0) is 28.2 Å². The number of hydrogen-bond acceptors (Lipinski definition) is 6. The Kier molecular flexibility index (Phi) is 7.19. The predicted molar refractivity (Wildman–Crippen MR) is 135 cm³/mol. The van der Waals surface area contributed by atoms with Crippen molar-refractivity contribution in [3.8, 4) is 5.75 Å². The normalized spacial score (nSPS) is 17.5. The van der Waals surface area contributed by atoms with Gasteiger partial charge in [0, 0.05) is 38.0 Å². The van der Waals surface area contributed by atoms with Gasteiger partial charge in [-0.05, 0) is 18.6 Å². The monoisotopic (exact) mass is 539 g/mol. The van der Waals surface area contributed by atoms with Crippen LogP contribution in [0.1, 0.15) is 38.9 Å². The third-order valence-corrected chi connectivity index (χ3v) is 7.04. The van der Waals surface area contributed by atoms with Crippen molar-refractivity contribution in [2.75, 3.05) is 26.9 Å². The number of pyridine rings is 1. The van der Waals surface area contributed by atoms with Gasteiger partial charge in [0.05, 0.1) is 13.2 Å². The highest BCUT2D eigenvalue weighted by Crippen LogP contribution is 2.41. The Hall–Kier alpha value is -4.09. The second-order valence-corrected chi connectivity index (χ2v) is 9.39. The van der Waals surface area contributed by atoms with E-state index >= 15 is 0 Å². The van der Waals surface area contributed by atoms with Crippen LogP contribution < -0.4 is 15.5 Å². The van der Waals surface area contributed by atoms with Gasteiger partial charge in [0.1, 0.15) is 29.3 Å². The van der Waals surface area contributed by atoms with E-state index in [4.69, 9.17) is 14.2 Å². The van der Waals surface area contributed by atoms with E-state index in [1.54, 1.807) is 23.6 Å². The van der Waals surface area contributed by atoms with Gasteiger partial charge >= 0.3 is 0 Å². The Morgan fingerprint density at radius 3 is 2.51 bits per heavy atom. The van der Waals surface area contributed by atoms with Crippen LogP contribution in [0.25, 0.3) is 0 Å². The molecule has 1 N–H and O–H groups in total. The van der Waals surface area contributed by atoms with Crippen LogP contribution in [0.2, 0.25) is 0 Å². The van der Waals surface area contributed by atoms with Gasteiger partial charge in [0.15, 0.2) is 17.7 Å². The summed E-state index contributed by atoms with van der Waals surface area (Å²) in [5, 5.41) is 2.52. The smallest absolute Gasteiger partial charge is 0.276 e. The van der Waals surface area contributed by atoms with Crippen molar-refractivity contribution in [3.63, 3.8) is 0 Å². The number of rotatable bonds is 8. The van der Waals surface area contributed by atoms with Crippen LogP contribution in [0.4, 0.5) is 8.78 Å². The van der Waals surface area contributed by atoms with Gasteiger partial charge in [-0.25, -0.2) is 8.78 Å². The summed E-state index contributed by atoms with van der Waals surface area (Å²) in [4.78, 5) is 42.1. The number of hydrogen-bond donors (Lipinski definition) is 1. The summed E-state index contributed by atoms with van der Waals surface area (Å²) < 4.78 is 46.2. The number of fused-ring (bicyclic) bond motifs is 2. The number of benzene rings is 2. The molecule has 2 aromatic carbocycles. The van der Waals surface area contributed by atoms with Crippen LogP contribution in [0.3, 0.4) is 0 Å². The molecule has 3 aromatic rings. The maximum atomic E-state index is 14.1. The van der Waals surface area contributed by atoms with Crippen molar-refractivity contribution < 1.29 is 32.6 Å². The molecule has 3 heterocycles. The van der Waals surface area contributed by atoms with Crippen molar-refractivity contribution in [2.24, 2.45) is 0 Å². The first-order valence-electron chi connectivity index (χ1n) is 12.4. The molecule has 2 aliphatic heterocycles. The molecule has 1 atom stereocenters. The number of nitrogens with zero attached hydrogens (tertiary/aromatic N) is 2. The number of likely N-dealkylation sites (N-methyl/N-ethyl adjacent to an activating group) is 1. The molecular formula is C28H27F2N3O6. The van der Waals surface area contributed by atoms with E-state index in [9.17, 15) is 23.2 Å². The van der Waals surface area contributed by atoms with E-state index in [2.05, 4.69) is 5.32 Å². The van der Waals surface area contributed by atoms with E-state index in [0.29, 0.717) is 12.6 Å². The first kappa shape index (κ1) is 26.5. The fraction of sp³-hybridized carbons (Fsp3) is 0.321. The topological polar surface area (TPSA) is 99.1 Å². The third-order valence-electron chi connectivity index (χ3n) is 7.04. The fourth-order valence-corrected chi connectivity index (χ4v) is 5.00. The van der Waals surface area contributed by atoms with Gasteiger partial charge in [-0.2, -0.15) is 0 Å². The average molecular weight is 540 g/mol. The molecule has 1 unspecified atom stereocenters. The van der Waals surface area contributed by atoms with Gasteiger partial charge < -0.3 is 29.0 Å². The highest BCUT2D eigenvalue weighted by Gasteiger charge is 2.57. The van der Waals surface area contributed by atoms with Crippen LogP contribution in [-0.4, -0.2) is 54.4 Å². The lowest BCUT2D eigenvalue weighted by Crippen LogP contribution is -2.70. The molecule has 5 rings (SSSR count). The molecule has 204 valence electrons. The summed E-state index contributed by atoms with van der Waals surface area (Å²) in [6, 6.07) is 12.1. The highest BCUT2D eigenvalue weighted by molar-refractivity contribution is 5.99. The number of amides is 2. The standard InChI is InChI=1S/C28H27F2N3O6/c1-3-32-26(36)22-24(39-14-17-7-5-4-6-8-17)23(34)20(13-33(22)28(15-38-16-28)27(32)37-2)25(35)31-12-18-9-10-19(29)11-21(18)30/h4-11,13,27H,3,12,14-16H2,1-2H3,(H,31,35). The summed E-state index contributed by atoms with van der Waals surface area (Å²) in [5.41, 5.74) is -1.20. The molecule has 1 fully saturated rings. The molecule has 1 saturated heterocycles. The summed E-state index contributed by atoms with van der Waals surface area (Å²) in [5.74, 6) is -3.14. The second kappa shape index (κ2) is 10.6. The van der Waals surface area contributed by atoms with Crippen LogP contribution in [0, 0.1) is 11.6 Å². The third kappa shape index (κ3) is 4.57. The molecule has 1 spiro atoms. The lowest BCUT2D eigenvalue weighted by molar-refractivity contribution is -0.210. The second-order valence-electron chi connectivity index (χ2n) is 9.39. The summed E-state index contributed by atoms with van der Waals surface area (Å²) in [6.45, 7) is 2.13. The largest absolute Gasteiger partial charge is 0.483 e. The average Bonchev–Trinajstić information content (AvgIpc) is 2.91. The van der Waals surface area contributed by atoms with Crippen molar-refractivity contribution in [2.45, 2.75) is 31.8 Å². The van der Waals surface area contributed by atoms with Gasteiger partial charge in [-0.3, -0.25) is 14.4 Å². The SMILES string of the molecule is CCN1C(=O)c2c(OCc3ccccc3)c(=O)c(C(=O)NCc3ccc(F)cc3F)cn2C2(COC2)C1OC. The number of carbonyl (C=O) groups is 2. The molecular weight excluding hydrogens is 512 g/mol. The van der Waals surface area contributed by atoms with E-state index in [1.165, 1.54) is 24.3 Å². The number of methoxy groups -OCH3 is 1. The van der Waals surface area contributed by atoms with Crippen molar-refractivity contribution in [1.82, 2.24) is 14.8 Å². The minimum atomic E-state index is -0.898. The van der Waals surface area contributed by atoms with Crippen LogP contribution in [0.5, 0.6) is 5.75 Å². The number of ether oxygens (including phenoxy) is 3. The molecule has 0 saturated carbocycles. The predicted octanol–water partition coefficient (Wildman–Crippen LogP) is 2.81. The number of carbonyl (C=O) groups excluding carboxylic acids is 2. The van der Waals surface area contributed by atoms with E-state index in [1.807, 2.05) is 18.2 Å². The molecule has 0 radical (unpaired) electrons. The van der Waals surface area contributed by atoms with Crippen molar-refractivity contribution >= 4 is 11.8 Å². The van der Waals surface area contributed by atoms with Gasteiger partial charge in [-0.15, -0.1) is 0 Å². The highest BCUT2D eigenvalue weighted by atomic mass is 19.1.